The lowest BCUT2D eigenvalue weighted by molar-refractivity contribution is 0.102. The Hall–Kier alpha value is -4.03. The Kier molecular flexibility index (Phi) is 5.74. The summed E-state index contributed by atoms with van der Waals surface area (Å²) in [4.78, 5) is 35.1. The number of carbonyl (C=O) groups excluding carboxylic acids is 1. The van der Waals surface area contributed by atoms with Gasteiger partial charge in [0.2, 0.25) is 11.5 Å². The van der Waals surface area contributed by atoms with Gasteiger partial charge in [-0.1, -0.05) is 0 Å². The minimum absolute atomic E-state index is 0.0363. The number of nitrogens with two attached hydrogens (primary N) is 1. The number of carbonyl (C=O) groups is 1. The summed E-state index contributed by atoms with van der Waals surface area (Å²) in [6.07, 6.45) is 3.84. The van der Waals surface area contributed by atoms with Gasteiger partial charge in [0.1, 0.15) is 6.26 Å². The fraction of sp³-hybridized carbons (Fsp3) is 0.375. The molecule has 186 valence electrons. The first-order valence-electron chi connectivity index (χ1n) is 11.9. The summed E-state index contributed by atoms with van der Waals surface area (Å²) in [5, 5.41) is 2.94. The van der Waals surface area contributed by atoms with Gasteiger partial charge in [-0.05, 0) is 25.5 Å². The number of nitrogens with one attached hydrogen (secondary N) is 1. The Morgan fingerprint density at radius 2 is 2.00 bits per heavy atom. The number of aryl methyl sites for hydroxylation is 1. The van der Waals surface area contributed by atoms with Crippen molar-refractivity contribution in [1.29, 1.82) is 0 Å². The van der Waals surface area contributed by atoms with Crippen molar-refractivity contribution in [2.24, 2.45) is 5.73 Å². The topological polar surface area (TPSA) is 149 Å². The number of oxazole rings is 2. The van der Waals surface area contributed by atoms with Gasteiger partial charge in [0, 0.05) is 55.7 Å². The molecule has 4 aromatic heterocycles. The summed E-state index contributed by atoms with van der Waals surface area (Å²) in [5.41, 5.74) is 9.32. The van der Waals surface area contributed by atoms with Crippen LogP contribution in [-0.4, -0.2) is 71.3 Å². The second-order valence-corrected chi connectivity index (χ2v) is 8.95. The molecule has 3 N–H and O–H groups in total. The summed E-state index contributed by atoms with van der Waals surface area (Å²) in [6, 6.07) is 5.90. The molecule has 0 aromatic carbocycles. The van der Waals surface area contributed by atoms with Crippen molar-refractivity contribution in [1.82, 2.24) is 19.9 Å². The number of hydrogen-bond acceptors (Lipinski definition) is 11. The summed E-state index contributed by atoms with van der Waals surface area (Å²) in [5.74, 6) is 0.518. The van der Waals surface area contributed by atoms with Crippen LogP contribution in [0.25, 0.3) is 22.7 Å². The van der Waals surface area contributed by atoms with E-state index < -0.39 is 5.91 Å². The molecule has 0 bridgehead atoms. The summed E-state index contributed by atoms with van der Waals surface area (Å²) >= 11 is 0. The van der Waals surface area contributed by atoms with Crippen LogP contribution in [0.4, 0.5) is 17.5 Å². The number of morpholine rings is 1. The highest BCUT2D eigenvalue weighted by atomic mass is 16.5. The smallest absolute Gasteiger partial charge is 0.300 e. The average Bonchev–Trinajstić information content (AvgIpc) is 3.63. The van der Waals surface area contributed by atoms with Crippen LogP contribution < -0.4 is 20.9 Å². The van der Waals surface area contributed by atoms with Gasteiger partial charge in [-0.3, -0.25) is 9.78 Å². The third-order valence-corrected chi connectivity index (χ3v) is 6.29. The summed E-state index contributed by atoms with van der Waals surface area (Å²) in [7, 11) is 0. The van der Waals surface area contributed by atoms with Crippen LogP contribution in [0.5, 0.6) is 0 Å². The molecule has 0 radical (unpaired) electrons. The Balaban J connectivity index is 1.31. The molecule has 2 saturated heterocycles. The van der Waals surface area contributed by atoms with Crippen molar-refractivity contribution in [2.45, 2.75) is 19.4 Å². The van der Waals surface area contributed by atoms with Crippen LogP contribution in [-0.2, 0) is 4.74 Å². The van der Waals surface area contributed by atoms with Crippen LogP contribution in [0, 0.1) is 6.92 Å². The molecule has 2 aliphatic rings. The quantitative estimate of drug-likeness (QED) is 0.424. The maximum Gasteiger partial charge on any atom is 0.300 e. The third-order valence-electron chi connectivity index (χ3n) is 6.29. The van der Waals surface area contributed by atoms with Crippen LogP contribution in [0.2, 0.25) is 0 Å². The Bertz CT molecular complexity index is 1410. The normalized spacial score (nSPS) is 18.2. The second-order valence-electron chi connectivity index (χ2n) is 8.95. The van der Waals surface area contributed by atoms with E-state index in [2.05, 4.69) is 25.2 Å². The fourth-order valence-electron chi connectivity index (χ4n) is 4.42. The Morgan fingerprint density at radius 3 is 2.78 bits per heavy atom. The standard InChI is InChI=1S/C24H26N8O4/c1-14-10-15(2-4-26-14)23-28-18(13-35-23)22(33)27-17-11-19-20(29-21(17)32-5-3-16(25)12-32)30-24(36-19)31-6-8-34-9-7-31/h2,4,10-11,13,16H,3,5-9,12,25H2,1H3,(H,27,33)/t16-/m0/s1. The van der Waals surface area contributed by atoms with Crippen LogP contribution in [0.1, 0.15) is 22.6 Å². The number of ether oxygens (including phenoxy) is 1. The second kappa shape index (κ2) is 9.21. The first-order chi connectivity index (χ1) is 17.5. The zero-order valence-electron chi connectivity index (χ0n) is 19.8. The monoisotopic (exact) mass is 490 g/mol. The molecule has 6 rings (SSSR count). The minimum atomic E-state index is -0.422. The molecule has 2 aliphatic heterocycles. The molecule has 4 aromatic rings. The largest absolute Gasteiger partial charge is 0.444 e. The molecule has 12 heteroatoms. The number of rotatable bonds is 5. The predicted molar refractivity (Wildman–Crippen MR) is 132 cm³/mol. The van der Waals surface area contributed by atoms with Crippen molar-refractivity contribution < 1.29 is 18.4 Å². The van der Waals surface area contributed by atoms with E-state index >= 15 is 0 Å². The predicted octanol–water partition coefficient (Wildman–Crippen LogP) is 2.21. The molecule has 0 aliphatic carbocycles. The van der Waals surface area contributed by atoms with E-state index in [-0.39, 0.29) is 11.7 Å². The molecule has 0 saturated carbocycles. The SMILES string of the molecule is Cc1cc(-c2nc(C(=O)Nc3cc4oc(N5CCOCC5)nc4nc3N3CC[C@H](N)C3)co2)ccn1. The van der Waals surface area contributed by atoms with Gasteiger partial charge in [0.05, 0.1) is 18.9 Å². The first kappa shape index (κ1) is 22.4. The van der Waals surface area contributed by atoms with Crippen LogP contribution in [0.3, 0.4) is 0 Å². The number of nitrogens with zero attached hydrogens (tertiary/aromatic N) is 6. The Morgan fingerprint density at radius 1 is 1.14 bits per heavy atom. The molecule has 0 unspecified atom stereocenters. The van der Waals surface area contributed by atoms with Gasteiger partial charge in [0.25, 0.3) is 11.9 Å². The Labute approximate surface area is 206 Å². The summed E-state index contributed by atoms with van der Waals surface area (Å²) < 4.78 is 17.0. The number of hydrogen-bond donors (Lipinski definition) is 2. The molecule has 6 heterocycles. The van der Waals surface area contributed by atoms with E-state index in [0.717, 1.165) is 24.2 Å². The van der Waals surface area contributed by atoms with E-state index in [0.29, 0.717) is 67.5 Å². The average molecular weight is 491 g/mol. The zero-order chi connectivity index (χ0) is 24.6. The number of fused-ring (bicyclic) bond motifs is 1. The van der Waals surface area contributed by atoms with Crippen LogP contribution >= 0.6 is 0 Å². The van der Waals surface area contributed by atoms with Crippen molar-refractivity contribution in [3.05, 3.63) is 42.0 Å². The molecule has 36 heavy (non-hydrogen) atoms. The molecule has 2 fully saturated rings. The van der Waals surface area contributed by atoms with Gasteiger partial charge in [0.15, 0.2) is 17.1 Å². The fourth-order valence-corrected chi connectivity index (χ4v) is 4.42. The number of anilines is 3. The van der Waals surface area contributed by atoms with Gasteiger partial charge < -0.3 is 34.4 Å². The highest BCUT2D eigenvalue weighted by molar-refractivity contribution is 6.05. The van der Waals surface area contributed by atoms with E-state index in [1.807, 2.05) is 17.9 Å². The maximum atomic E-state index is 13.2. The lowest BCUT2D eigenvalue weighted by atomic mass is 10.2. The molecule has 1 atom stereocenters. The van der Waals surface area contributed by atoms with Gasteiger partial charge in [-0.25, -0.2) is 9.97 Å². The summed E-state index contributed by atoms with van der Waals surface area (Å²) in [6.45, 7) is 5.85. The third kappa shape index (κ3) is 4.36. The lowest BCUT2D eigenvalue weighted by Gasteiger charge is -2.24. The van der Waals surface area contributed by atoms with E-state index in [4.69, 9.17) is 24.3 Å². The van der Waals surface area contributed by atoms with Crippen molar-refractivity contribution in [3.63, 3.8) is 0 Å². The van der Waals surface area contributed by atoms with Gasteiger partial charge >= 0.3 is 0 Å². The molecule has 0 spiro atoms. The first-order valence-corrected chi connectivity index (χ1v) is 11.9. The molecular weight excluding hydrogens is 464 g/mol. The number of amides is 1. The minimum Gasteiger partial charge on any atom is -0.444 e. The van der Waals surface area contributed by atoms with Gasteiger partial charge in [-0.2, -0.15) is 4.98 Å². The van der Waals surface area contributed by atoms with E-state index in [1.165, 1.54) is 6.26 Å². The molecular formula is C24H26N8O4. The number of aromatic nitrogens is 4. The van der Waals surface area contributed by atoms with Crippen LogP contribution in [0.15, 0.2) is 39.5 Å². The molecule has 12 nitrogen and oxygen atoms in total. The van der Waals surface area contributed by atoms with E-state index in [1.54, 1.807) is 18.3 Å². The lowest BCUT2D eigenvalue weighted by Crippen LogP contribution is -2.36. The highest BCUT2D eigenvalue weighted by Gasteiger charge is 2.27. The highest BCUT2D eigenvalue weighted by Crippen LogP contribution is 2.33. The van der Waals surface area contributed by atoms with Crippen molar-refractivity contribution in [3.8, 4) is 11.5 Å². The van der Waals surface area contributed by atoms with Crippen molar-refractivity contribution >= 4 is 34.7 Å². The van der Waals surface area contributed by atoms with Crippen molar-refractivity contribution in [2.75, 3.05) is 54.5 Å². The zero-order valence-corrected chi connectivity index (χ0v) is 19.8. The van der Waals surface area contributed by atoms with Gasteiger partial charge in [-0.15, -0.1) is 0 Å². The van der Waals surface area contributed by atoms with E-state index in [9.17, 15) is 4.79 Å². The number of pyridine rings is 2. The maximum absolute atomic E-state index is 13.2. The molecule has 1 amide bonds.